The molecular formula is C28H42N2O3. The zero-order valence-electron chi connectivity index (χ0n) is 20.9. The Bertz CT molecular complexity index is 809. The maximum absolute atomic E-state index is 12.8. The molecule has 0 spiro atoms. The van der Waals surface area contributed by atoms with Crippen LogP contribution in [0.3, 0.4) is 0 Å². The Balaban J connectivity index is 1.94. The Morgan fingerprint density at radius 2 is 1.64 bits per heavy atom. The summed E-state index contributed by atoms with van der Waals surface area (Å²) in [5.74, 6) is 1.02. The van der Waals surface area contributed by atoms with E-state index in [1.165, 1.54) is 57.7 Å². The van der Waals surface area contributed by atoms with Crippen molar-refractivity contribution >= 4 is 5.97 Å². The van der Waals surface area contributed by atoms with Crippen molar-refractivity contribution in [2.24, 2.45) is 5.92 Å². The van der Waals surface area contributed by atoms with E-state index in [9.17, 15) is 4.79 Å². The number of carbonyl (C=O) groups excluding carboxylic acids is 1. The highest BCUT2D eigenvalue weighted by atomic mass is 16.5. The highest BCUT2D eigenvalue weighted by Crippen LogP contribution is 2.31. The Morgan fingerprint density at radius 1 is 0.909 bits per heavy atom. The van der Waals surface area contributed by atoms with Crippen molar-refractivity contribution < 1.29 is 14.3 Å². The zero-order valence-corrected chi connectivity index (χ0v) is 20.9. The summed E-state index contributed by atoms with van der Waals surface area (Å²) >= 11 is 0. The second kappa shape index (κ2) is 16.2. The van der Waals surface area contributed by atoms with E-state index in [0.717, 1.165) is 30.6 Å². The minimum Gasteiger partial charge on any atom is -0.493 e. The Labute approximate surface area is 200 Å². The average Bonchev–Trinajstić information content (AvgIpc) is 2.85. The average molecular weight is 455 g/mol. The van der Waals surface area contributed by atoms with Crippen LogP contribution in [-0.2, 0) is 4.74 Å². The molecule has 2 rings (SSSR count). The molecule has 0 saturated heterocycles. The van der Waals surface area contributed by atoms with Gasteiger partial charge in [0.1, 0.15) is 17.6 Å². The number of rotatable bonds is 17. The maximum Gasteiger partial charge on any atom is 0.341 e. The molecule has 5 nitrogen and oxygen atoms in total. The van der Waals surface area contributed by atoms with E-state index < -0.39 is 0 Å². The van der Waals surface area contributed by atoms with Crippen molar-refractivity contribution in [2.75, 3.05) is 13.2 Å². The van der Waals surface area contributed by atoms with Gasteiger partial charge in [-0.25, -0.2) is 14.8 Å². The maximum atomic E-state index is 12.8. The summed E-state index contributed by atoms with van der Waals surface area (Å²) in [6, 6.07) is 7.74. The first-order chi connectivity index (χ1) is 16.2. The zero-order chi connectivity index (χ0) is 23.7. The van der Waals surface area contributed by atoms with Crippen LogP contribution in [-0.4, -0.2) is 29.2 Å². The van der Waals surface area contributed by atoms with E-state index in [2.05, 4.69) is 30.7 Å². The number of unbranched alkanes of at least 4 members (excludes halogenated alkanes) is 6. The van der Waals surface area contributed by atoms with E-state index in [0.29, 0.717) is 30.4 Å². The van der Waals surface area contributed by atoms with Crippen molar-refractivity contribution in [3.63, 3.8) is 0 Å². The molecule has 0 radical (unpaired) electrons. The lowest BCUT2D eigenvalue weighted by Crippen LogP contribution is -2.11. The molecule has 0 aliphatic carbocycles. The van der Waals surface area contributed by atoms with Crippen LogP contribution in [0.15, 0.2) is 36.8 Å². The van der Waals surface area contributed by atoms with Gasteiger partial charge in [0, 0.05) is 11.8 Å². The summed E-state index contributed by atoms with van der Waals surface area (Å²) < 4.78 is 11.6. The van der Waals surface area contributed by atoms with E-state index in [4.69, 9.17) is 9.47 Å². The number of ether oxygens (including phenoxy) is 2. The van der Waals surface area contributed by atoms with E-state index >= 15 is 0 Å². The highest BCUT2D eigenvalue weighted by Gasteiger charge is 2.19. The summed E-state index contributed by atoms with van der Waals surface area (Å²) in [6.07, 6.45) is 15.9. The monoisotopic (exact) mass is 454 g/mol. The molecule has 0 aliphatic rings. The smallest absolute Gasteiger partial charge is 0.341 e. The molecule has 0 saturated carbocycles. The molecule has 0 aliphatic heterocycles. The van der Waals surface area contributed by atoms with Crippen molar-refractivity contribution in [3.8, 4) is 17.0 Å². The van der Waals surface area contributed by atoms with Gasteiger partial charge >= 0.3 is 5.97 Å². The van der Waals surface area contributed by atoms with Gasteiger partial charge in [-0.2, -0.15) is 0 Å². The van der Waals surface area contributed by atoms with E-state index in [-0.39, 0.29) is 5.97 Å². The molecule has 1 aromatic heterocycles. The van der Waals surface area contributed by atoms with Gasteiger partial charge in [-0.05, 0) is 37.3 Å². The standard InChI is InChI=1S/C28H42N2O3/c1-4-6-8-9-10-13-19-32-26-18-12-11-17-24(26)27-25(21-29-22-30-27)28(31)33-20-14-16-23(3)15-7-5-2/h11-12,17-18,21-23H,4-10,13-16,19-20H2,1-3H3. The third-order valence-corrected chi connectivity index (χ3v) is 5.95. The molecule has 0 bridgehead atoms. The minimum absolute atomic E-state index is 0.377. The number of aromatic nitrogens is 2. The third-order valence-electron chi connectivity index (χ3n) is 5.95. The summed E-state index contributed by atoms with van der Waals surface area (Å²) in [7, 11) is 0. The number of nitrogens with zero attached hydrogens (tertiary/aromatic N) is 2. The Morgan fingerprint density at radius 3 is 2.45 bits per heavy atom. The van der Waals surface area contributed by atoms with Gasteiger partial charge in [-0.15, -0.1) is 0 Å². The summed E-state index contributed by atoms with van der Waals surface area (Å²) in [6.45, 7) is 7.78. The molecule has 182 valence electrons. The van der Waals surface area contributed by atoms with Crippen LogP contribution in [0.4, 0.5) is 0 Å². The first-order valence-corrected chi connectivity index (χ1v) is 12.9. The molecule has 33 heavy (non-hydrogen) atoms. The number of para-hydroxylation sites is 1. The fourth-order valence-electron chi connectivity index (χ4n) is 3.92. The van der Waals surface area contributed by atoms with Crippen LogP contribution in [0.5, 0.6) is 5.75 Å². The lowest BCUT2D eigenvalue weighted by Gasteiger charge is -2.14. The second-order valence-electron chi connectivity index (χ2n) is 8.92. The molecule has 1 aromatic carbocycles. The second-order valence-corrected chi connectivity index (χ2v) is 8.92. The number of carbonyl (C=O) groups is 1. The minimum atomic E-state index is -0.377. The summed E-state index contributed by atoms with van der Waals surface area (Å²) in [4.78, 5) is 21.3. The fraction of sp³-hybridized carbons (Fsp3) is 0.607. The largest absolute Gasteiger partial charge is 0.493 e. The Kier molecular flexibility index (Phi) is 13.2. The number of hydrogen-bond acceptors (Lipinski definition) is 5. The molecule has 0 N–H and O–H groups in total. The SMILES string of the molecule is CCCCCCCCOc1ccccc1-c1ncncc1C(=O)OCCCC(C)CCCC. The highest BCUT2D eigenvalue weighted by molar-refractivity contribution is 5.96. The summed E-state index contributed by atoms with van der Waals surface area (Å²) in [5.41, 5.74) is 1.74. The van der Waals surface area contributed by atoms with E-state index in [1.54, 1.807) is 6.20 Å². The predicted octanol–water partition coefficient (Wildman–Crippen LogP) is 7.65. The first-order valence-electron chi connectivity index (χ1n) is 12.9. The lowest BCUT2D eigenvalue weighted by molar-refractivity contribution is 0.0493. The molecule has 1 atom stereocenters. The quantitative estimate of drug-likeness (QED) is 0.181. The van der Waals surface area contributed by atoms with Crippen LogP contribution in [0, 0.1) is 5.92 Å². The van der Waals surface area contributed by atoms with Gasteiger partial charge < -0.3 is 9.47 Å². The lowest BCUT2D eigenvalue weighted by atomic mass is 9.99. The predicted molar refractivity (Wildman–Crippen MR) is 135 cm³/mol. The van der Waals surface area contributed by atoms with Crippen molar-refractivity contribution in [2.45, 2.75) is 91.4 Å². The molecule has 5 heteroatoms. The van der Waals surface area contributed by atoms with Gasteiger partial charge in [-0.3, -0.25) is 0 Å². The van der Waals surface area contributed by atoms with Crippen molar-refractivity contribution in [1.82, 2.24) is 9.97 Å². The first kappa shape index (κ1) is 26.8. The van der Waals surface area contributed by atoms with Crippen LogP contribution in [0.25, 0.3) is 11.3 Å². The summed E-state index contributed by atoms with van der Waals surface area (Å²) in [5, 5.41) is 0. The molecule has 1 unspecified atom stereocenters. The van der Waals surface area contributed by atoms with Crippen LogP contribution >= 0.6 is 0 Å². The molecular weight excluding hydrogens is 412 g/mol. The topological polar surface area (TPSA) is 61.3 Å². The molecule has 0 fully saturated rings. The van der Waals surface area contributed by atoms with Gasteiger partial charge in [0.15, 0.2) is 0 Å². The number of benzene rings is 1. The number of esters is 1. The number of hydrogen-bond donors (Lipinski definition) is 0. The van der Waals surface area contributed by atoms with E-state index in [1.807, 2.05) is 24.3 Å². The van der Waals surface area contributed by atoms with Crippen molar-refractivity contribution in [3.05, 3.63) is 42.4 Å². The van der Waals surface area contributed by atoms with Gasteiger partial charge in [0.25, 0.3) is 0 Å². The van der Waals surface area contributed by atoms with Crippen molar-refractivity contribution in [1.29, 1.82) is 0 Å². The molecule has 0 amide bonds. The molecule has 2 aromatic rings. The van der Waals surface area contributed by atoms with Gasteiger partial charge in [-0.1, -0.05) is 84.3 Å². The van der Waals surface area contributed by atoms with Gasteiger partial charge in [0.05, 0.1) is 18.9 Å². The third kappa shape index (κ3) is 9.93. The van der Waals surface area contributed by atoms with Gasteiger partial charge in [0.2, 0.25) is 0 Å². The molecule has 1 heterocycles. The normalized spacial score (nSPS) is 11.8. The van der Waals surface area contributed by atoms with Crippen LogP contribution < -0.4 is 4.74 Å². The Hall–Kier alpha value is -2.43. The van der Waals surface area contributed by atoms with Crippen LogP contribution in [0.2, 0.25) is 0 Å². The van der Waals surface area contributed by atoms with Crippen LogP contribution in [0.1, 0.15) is 102 Å². The fourth-order valence-corrected chi connectivity index (χ4v) is 3.92.